The molecule has 0 atom stereocenters. The zero-order valence-corrected chi connectivity index (χ0v) is 10.1. The van der Waals surface area contributed by atoms with E-state index in [0.717, 1.165) is 5.56 Å². The topological polar surface area (TPSA) is 12.9 Å². The maximum absolute atomic E-state index is 4.15. The second kappa shape index (κ2) is 4.15. The van der Waals surface area contributed by atoms with Gasteiger partial charge >= 0.3 is 0 Å². The molecular weight excluding hydrogens is 226 g/mol. The quantitative estimate of drug-likeness (QED) is 0.634. The van der Waals surface area contributed by atoms with Gasteiger partial charge in [-0.2, -0.15) is 0 Å². The third-order valence-corrected chi connectivity index (χ3v) is 3.84. The Morgan fingerprint density at radius 3 is 2.82 bits per heavy atom. The van der Waals surface area contributed by atoms with Crippen LogP contribution in [0.2, 0.25) is 0 Å². The van der Waals surface area contributed by atoms with E-state index in [2.05, 4.69) is 41.9 Å². The predicted octanol–water partition coefficient (Wildman–Crippen LogP) is 4.61. The maximum atomic E-state index is 4.15. The summed E-state index contributed by atoms with van der Waals surface area (Å²) in [6, 6.07) is 12.7. The first kappa shape index (κ1) is 10.2. The smallest absolute Gasteiger partial charge is 0.0349 e. The average Bonchev–Trinajstić information content (AvgIpc) is 2.81. The number of pyridine rings is 1. The second-order valence-electron chi connectivity index (χ2n) is 3.85. The molecule has 2 heterocycles. The fraction of sp³-hybridized carbons (Fsp3) is 0. The van der Waals surface area contributed by atoms with Gasteiger partial charge in [-0.05, 0) is 35.2 Å². The number of rotatable bonds is 2. The highest BCUT2D eigenvalue weighted by molar-refractivity contribution is 7.19. The van der Waals surface area contributed by atoms with Crippen LogP contribution >= 0.6 is 11.3 Å². The standard InChI is InChI=1S/C15H11NS/c1-2-14-9-13-8-11(5-6-15(13)17-14)12-4-3-7-16-10-12/h2-10H,1H2. The first-order chi connectivity index (χ1) is 8.36. The summed E-state index contributed by atoms with van der Waals surface area (Å²) in [5.74, 6) is 0. The van der Waals surface area contributed by atoms with Crippen molar-refractivity contribution in [1.29, 1.82) is 0 Å². The molecule has 0 saturated heterocycles. The van der Waals surface area contributed by atoms with Crippen LogP contribution < -0.4 is 0 Å². The van der Waals surface area contributed by atoms with E-state index in [9.17, 15) is 0 Å². The number of hydrogen-bond donors (Lipinski definition) is 0. The maximum Gasteiger partial charge on any atom is 0.0349 e. The van der Waals surface area contributed by atoms with E-state index in [1.807, 2.05) is 18.3 Å². The number of hydrogen-bond acceptors (Lipinski definition) is 2. The molecule has 0 radical (unpaired) electrons. The van der Waals surface area contributed by atoms with Crippen LogP contribution in [0.5, 0.6) is 0 Å². The second-order valence-corrected chi connectivity index (χ2v) is 4.96. The van der Waals surface area contributed by atoms with Crippen LogP contribution in [0.1, 0.15) is 4.88 Å². The molecule has 0 amide bonds. The minimum absolute atomic E-state index is 1.15. The first-order valence-corrected chi connectivity index (χ1v) is 6.25. The fourth-order valence-corrected chi connectivity index (χ4v) is 2.77. The summed E-state index contributed by atoms with van der Waals surface area (Å²) >= 11 is 1.77. The Bertz CT molecular complexity index is 668. The van der Waals surface area contributed by atoms with Crippen LogP contribution in [-0.2, 0) is 0 Å². The highest BCUT2D eigenvalue weighted by Gasteiger charge is 2.02. The lowest BCUT2D eigenvalue weighted by Crippen LogP contribution is -1.77. The van der Waals surface area contributed by atoms with E-state index in [-0.39, 0.29) is 0 Å². The van der Waals surface area contributed by atoms with Crippen molar-refractivity contribution in [2.75, 3.05) is 0 Å². The Hall–Kier alpha value is -1.93. The van der Waals surface area contributed by atoms with Crippen molar-refractivity contribution in [3.05, 3.63) is 60.2 Å². The molecule has 0 spiro atoms. The molecule has 0 saturated carbocycles. The number of fused-ring (bicyclic) bond motifs is 1. The summed E-state index contributed by atoms with van der Waals surface area (Å²) < 4.78 is 1.30. The molecule has 0 N–H and O–H groups in total. The van der Waals surface area contributed by atoms with Crippen LogP contribution in [-0.4, -0.2) is 4.98 Å². The molecule has 3 aromatic rings. The van der Waals surface area contributed by atoms with Crippen LogP contribution in [0.15, 0.2) is 55.4 Å². The Labute approximate surface area is 104 Å². The summed E-state index contributed by atoms with van der Waals surface area (Å²) in [6.07, 6.45) is 5.58. The highest BCUT2D eigenvalue weighted by atomic mass is 32.1. The van der Waals surface area contributed by atoms with Crippen LogP contribution in [0.4, 0.5) is 0 Å². The SMILES string of the molecule is C=Cc1cc2cc(-c3cccnc3)ccc2s1. The summed E-state index contributed by atoms with van der Waals surface area (Å²) in [4.78, 5) is 5.36. The number of nitrogens with zero attached hydrogens (tertiary/aromatic N) is 1. The third-order valence-electron chi connectivity index (χ3n) is 2.73. The van der Waals surface area contributed by atoms with Crippen molar-refractivity contribution in [2.45, 2.75) is 0 Å². The highest BCUT2D eigenvalue weighted by Crippen LogP contribution is 2.30. The molecule has 0 aliphatic carbocycles. The molecule has 1 nitrogen and oxygen atoms in total. The van der Waals surface area contributed by atoms with Gasteiger partial charge in [0.25, 0.3) is 0 Å². The van der Waals surface area contributed by atoms with E-state index in [4.69, 9.17) is 0 Å². The van der Waals surface area contributed by atoms with Gasteiger partial charge in [0.05, 0.1) is 0 Å². The average molecular weight is 237 g/mol. The van der Waals surface area contributed by atoms with Gasteiger partial charge in [-0.25, -0.2) is 0 Å². The summed E-state index contributed by atoms with van der Waals surface area (Å²) in [7, 11) is 0. The Morgan fingerprint density at radius 2 is 2.06 bits per heavy atom. The molecule has 0 aliphatic rings. The van der Waals surface area contributed by atoms with Crippen molar-refractivity contribution >= 4 is 27.5 Å². The van der Waals surface area contributed by atoms with Gasteiger partial charge in [-0.1, -0.05) is 24.8 Å². The predicted molar refractivity (Wildman–Crippen MR) is 75.1 cm³/mol. The first-order valence-electron chi connectivity index (χ1n) is 5.43. The molecule has 0 fully saturated rings. The molecule has 17 heavy (non-hydrogen) atoms. The largest absolute Gasteiger partial charge is 0.264 e. The molecule has 1 aromatic carbocycles. The lowest BCUT2D eigenvalue weighted by atomic mass is 10.1. The number of benzene rings is 1. The normalized spacial score (nSPS) is 10.6. The van der Waals surface area contributed by atoms with Crippen LogP contribution in [0.3, 0.4) is 0 Å². The zero-order valence-electron chi connectivity index (χ0n) is 9.26. The van der Waals surface area contributed by atoms with Crippen molar-refractivity contribution in [3.63, 3.8) is 0 Å². The molecule has 0 unspecified atom stereocenters. The van der Waals surface area contributed by atoms with Crippen LogP contribution in [0, 0.1) is 0 Å². The van der Waals surface area contributed by atoms with Crippen molar-refractivity contribution in [1.82, 2.24) is 4.98 Å². The molecule has 3 rings (SSSR count). The lowest BCUT2D eigenvalue weighted by molar-refractivity contribution is 1.33. The number of thiophene rings is 1. The Morgan fingerprint density at radius 1 is 1.12 bits per heavy atom. The van der Waals surface area contributed by atoms with E-state index in [1.165, 1.54) is 20.5 Å². The fourth-order valence-electron chi connectivity index (χ4n) is 1.88. The van der Waals surface area contributed by atoms with Gasteiger partial charge in [0, 0.05) is 27.5 Å². The van der Waals surface area contributed by atoms with Gasteiger partial charge in [-0.3, -0.25) is 4.98 Å². The van der Waals surface area contributed by atoms with Gasteiger partial charge in [-0.15, -0.1) is 11.3 Å². The summed E-state index contributed by atoms with van der Waals surface area (Å²) in [5.41, 5.74) is 2.36. The zero-order chi connectivity index (χ0) is 11.7. The van der Waals surface area contributed by atoms with Crippen molar-refractivity contribution < 1.29 is 0 Å². The third kappa shape index (κ3) is 1.87. The van der Waals surface area contributed by atoms with Gasteiger partial charge in [0.1, 0.15) is 0 Å². The minimum Gasteiger partial charge on any atom is -0.264 e. The Kier molecular flexibility index (Phi) is 2.50. The lowest BCUT2D eigenvalue weighted by Gasteiger charge is -2.00. The minimum atomic E-state index is 1.15. The molecule has 2 heteroatoms. The Balaban J connectivity index is 2.16. The molecule has 2 aromatic heterocycles. The van der Waals surface area contributed by atoms with E-state index in [1.54, 1.807) is 17.5 Å². The summed E-state index contributed by atoms with van der Waals surface area (Å²) in [5, 5.41) is 1.27. The molecular formula is C15H11NS. The number of aromatic nitrogens is 1. The van der Waals surface area contributed by atoms with Gasteiger partial charge in [0.2, 0.25) is 0 Å². The molecule has 0 aliphatic heterocycles. The van der Waals surface area contributed by atoms with E-state index in [0.29, 0.717) is 0 Å². The van der Waals surface area contributed by atoms with Crippen molar-refractivity contribution in [3.8, 4) is 11.1 Å². The van der Waals surface area contributed by atoms with E-state index < -0.39 is 0 Å². The van der Waals surface area contributed by atoms with Gasteiger partial charge < -0.3 is 0 Å². The van der Waals surface area contributed by atoms with Gasteiger partial charge in [0.15, 0.2) is 0 Å². The monoisotopic (exact) mass is 237 g/mol. The van der Waals surface area contributed by atoms with Crippen molar-refractivity contribution in [2.24, 2.45) is 0 Å². The van der Waals surface area contributed by atoms with E-state index >= 15 is 0 Å². The van der Waals surface area contributed by atoms with Crippen LogP contribution in [0.25, 0.3) is 27.3 Å². The molecule has 82 valence electrons. The summed E-state index contributed by atoms with van der Waals surface area (Å²) in [6.45, 7) is 3.81. The molecule has 0 bridgehead atoms.